The molecule has 0 unspecified atom stereocenters. The van der Waals surface area contributed by atoms with Crippen molar-refractivity contribution in [3.8, 4) is 0 Å². The molecule has 0 aromatic heterocycles. The van der Waals surface area contributed by atoms with Gasteiger partial charge in [-0.05, 0) is 55.5 Å². The van der Waals surface area contributed by atoms with Gasteiger partial charge in [0, 0.05) is 24.8 Å². The van der Waals surface area contributed by atoms with Crippen LogP contribution in [0, 0.1) is 0 Å². The second-order valence-corrected chi connectivity index (χ2v) is 9.76. The number of likely N-dealkylation sites (tertiary alicyclic amines) is 1. The Kier molecular flexibility index (Phi) is 5.84. The lowest BCUT2D eigenvalue weighted by molar-refractivity contribution is -0.137. The number of aliphatic hydroxyl groups is 1. The molecule has 2 aromatic carbocycles. The normalized spacial score (nSPS) is 27.7. The highest BCUT2D eigenvalue weighted by Gasteiger charge is 2.53. The minimum atomic E-state index is -4.40. The summed E-state index contributed by atoms with van der Waals surface area (Å²) in [5.74, 6) is 0.0395. The highest BCUT2D eigenvalue weighted by atomic mass is 19.4. The summed E-state index contributed by atoms with van der Waals surface area (Å²) in [6, 6.07) is 14.7. The van der Waals surface area contributed by atoms with Crippen molar-refractivity contribution in [2.24, 2.45) is 0 Å². The topological polar surface area (TPSA) is 55.8 Å². The van der Waals surface area contributed by atoms with Crippen molar-refractivity contribution < 1.29 is 23.1 Å². The number of hydrogen-bond acceptors (Lipinski definition) is 4. The summed E-state index contributed by atoms with van der Waals surface area (Å²) in [7, 11) is 0. The van der Waals surface area contributed by atoms with E-state index < -0.39 is 22.9 Å². The zero-order chi connectivity index (χ0) is 24.0. The van der Waals surface area contributed by atoms with Gasteiger partial charge < -0.3 is 15.3 Å². The van der Waals surface area contributed by atoms with Crippen LogP contribution >= 0.6 is 0 Å². The maximum atomic E-state index is 13.0. The van der Waals surface area contributed by atoms with Crippen LogP contribution in [-0.2, 0) is 16.6 Å². The summed E-state index contributed by atoms with van der Waals surface area (Å²) in [4.78, 5) is 17.4. The van der Waals surface area contributed by atoms with Gasteiger partial charge in [0.2, 0.25) is 5.91 Å². The Morgan fingerprint density at radius 3 is 2.26 bits per heavy atom. The molecule has 5 nitrogen and oxygen atoms in total. The van der Waals surface area contributed by atoms with Gasteiger partial charge in [0.15, 0.2) is 0 Å². The molecule has 182 valence electrons. The second-order valence-electron chi connectivity index (χ2n) is 9.76. The zero-order valence-electron chi connectivity index (χ0n) is 19.0. The Morgan fingerprint density at radius 1 is 0.941 bits per heavy atom. The monoisotopic (exact) mass is 473 g/mol. The number of para-hydroxylation sites is 1. The molecule has 1 spiro atoms. The standard InChI is InChI=1S/C26H30F3N3O2/c27-26(28,29)20-11-9-19(10-12-20)25(34)13-5-4-8-22(25)31-16-14-24(15-17-31)23(33)30-18-32(24)21-6-2-1-3-7-21/h1-3,6-7,9-12,22,34H,4-5,8,13-18H2,(H,30,33)/t22-,25+/m1/s1. The minimum Gasteiger partial charge on any atom is -0.384 e. The fourth-order valence-corrected chi connectivity index (χ4v) is 6.14. The largest absolute Gasteiger partial charge is 0.416 e. The molecule has 3 fully saturated rings. The summed E-state index contributed by atoms with van der Waals surface area (Å²) in [6.07, 6.45) is -0.0519. The maximum absolute atomic E-state index is 13.0. The summed E-state index contributed by atoms with van der Waals surface area (Å²) in [5.41, 5.74) is -0.980. The molecule has 0 radical (unpaired) electrons. The smallest absolute Gasteiger partial charge is 0.384 e. The Bertz CT molecular complexity index is 1020. The Balaban J connectivity index is 1.36. The highest BCUT2D eigenvalue weighted by Crippen LogP contribution is 2.44. The molecule has 0 bridgehead atoms. The molecule has 1 aliphatic carbocycles. The van der Waals surface area contributed by atoms with Crippen molar-refractivity contribution in [2.75, 3.05) is 24.7 Å². The molecule has 2 aliphatic heterocycles. The number of rotatable bonds is 3. The molecular formula is C26H30F3N3O2. The predicted octanol–water partition coefficient (Wildman–Crippen LogP) is 4.26. The van der Waals surface area contributed by atoms with E-state index in [1.807, 2.05) is 30.3 Å². The van der Waals surface area contributed by atoms with Gasteiger partial charge in [0.05, 0.1) is 12.2 Å². The quantitative estimate of drug-likeness (QED) is 0.700. The lowest BCUT2D eigenvalue weighted by atomic mass is 9.73. The van der Waals surface area contributed by atoms with Crippen LogP contribution in [0.5, 0.6) is 0 Å². The Hall–Kier alpha value is -2.58. The van der Waals surface area contributed by atoms with E-state index in [1.165, 1.54) is 12.1 Å². The third-order valence-electron chi connectivity index (χ3n) is 8.02. The second kappa shape index (κ2) is 8.57. The van der Waals surface area contributed by atoms with Crippen molar-refractivity contribution in [1.82, 2.24) is 10.2 Å². The molecule has 5 rings (SSSR count). The van der Waals surface area contributed by atoms with Crippen molar-refractivity contribution in [1.29, 1.82) is 0 Å². The van der Waals surface area contributed by atoms with Gasteiger partial charge in [-0.25, -0.2) is 0 Å². The number of benzene rings is 2. The number of piperidine rings is 1. The molecule has 2 aromatic rings. The van der Waals surface area contributed by atoms with Crippen LogP contribution in [0.15, 0.2) is 54.6 Å². The van der Waals surface area contributed by atoms with Gasteiger partial charge in [-0.3, -0.25) is 9.69 Å². The van der Waals surface area contributed by atoms with Crippen molar-refractivity contribution >= 4 is 11.6 Å². The number of amides is 1. The summed E-state index contributed by atoms with van der Waals surface area (Å²) < 4.78 is 39.1. The molecule has 1 amide bonds. The van der Waals surface area contributed by atoms with Crippen LogP contribution in [0.4, 0.5) is 18.9 Å². The van der Waals surface area contributed by atoms with Gasteiger partial charge in [0.25, 0.3) is 0 Å². The molecular weight excluding hydrogens is 443 g/mol. The van der Waals surface area contributed by atoms with E-state index >= 15 is 0 Å². The van der Waals surface area contributed by atoms with Crippen LogP contribution < -0.4 is 10.2 Å². The van der Waals surface area contributed by atoms with Crippen LogP contribution in [0.1, 0.15) is 49.7 Å². The molecule has 2 saturated heterocycles. The van der Waals surface area contributed by atoms with Crippen LogP contribution in [0.3, 0.4) is 0 Å². The molecule has 2 heterocycles. The fraction of sp³-hybridized carbons (Fsp3) is 0.500. The summed E-state index contributed by atoms with van der Waals surface area (Å²) >= 11 is 0. The first-order chi connectivity index (χ1) is 16.2. The van der Waals surface area contributed by atoms with Crippen LogP contribution in [0.25, 0.3) is 0 Å². The van der Waals surface area contributed by atoms with E-state index in [0.29, 0.717) is 44.6 Å². The summed E-state index contributed by atoms with van der Waals surface area (Å²) in [6.45, 7) is 1.76. The van der Waals surface area contributed by atoms with Crippen LogP contribution in [-0.4, -0.2) is 47.3 Å². The molecule has 3 aliphatic rings. The van der Waals surface area contributed by atoms with Gasteiger partial charge >= 0.3 is 6.18 Å². The number of nitrogens with one attached hydrogen (secondary N) is 1. The van der Waals surface area contributed by atoms with E-state index in [-0.39, 0.29) is 11.9 Å². The van der Waals surface area contributed by atoms with Crippen molar-refractivity contribution in [3.05, 3.63) is 65.7 Å². The Morgan fingerprint density at radius 2 is 1.62 bits per heavy atom. The van der Waals surface area contributed by atoms with E-state index in [0.717, 1.165) is 37.1 Å². The lowest BCUT2D eigenvalue weighted by Crippen LogP contribution is -2.61. The third-order valence-corrected chi connectivity index (χ3v) is 8.02. The Labute approximate surface area is 197 Å². The zero-order valence-corrected chi connectivity index (χ0v) is 19.0. The van der Waals surface area contributed by atoms with Crippen molar-refractivity contribution in [3.63, 3.8) is 0 Å². The summed E-state index contributed by atoms with van der Waals surface area (Å²) in [5, 5.41) is 14.8. The van der Waals surface area contributed by atoms with E-state index in [2.05, 4.69) is 15.1 Å². The third kappa shape index (κ3) is 3.86. The first-order valence-corrected chi connectivity index (χ1v) is 12.0. The lowest BCUT2D eigenvalue weighted by Gasteiger charge is -2.51. The maximum Gasteiger partial charge on any atom is 0.416 e. The number of alkyl halides is 3. The van der Waals surface area contributed by atoms with E-state index in [1.54, 1.807) is 0 Å². The molecule has 2 N–H and O–H groups in total. The average molecular weight is 474 g/mol. The number of hydrogen-bond donors (Lipinski definition) is 2. The van der Waals surface area contributed by atoms with E-state index in [4.69, 9.17) is 0 Å². The molecule has 8 heteroatoms. The minimum absolute atomic E-state index is 0.0395. The number of halogens is 3. The number of anilines is 1. The van der Waals surface area contributed by atoms with Gasteiger partial charge in [0.1, 0.15) is 11.1 Å². The van der Waals surface area contributed by atoms with Gasteiger partial charge in [-0.2, -0.15) is 13.2 Å². The molecule has 1 saturated carbocycles. The van der Waals surface area contributed by atoms with E-state index in [9.17, 15) is 23.1 Å². The molecule has 2 atom stereocenters. The number of carbonyl (C=O) groups excluding carboxylic acids is 1. The average Bonchev–Trinajstić information content (AvgIpc) is 3.15. The number of carbonyl (C=O) groups is 1. The predicted molar refractivity (Wildman–Crippen MR) is 123 cm³/mol. The fourth-order valence-electron chi connectivity index (χ4n) is 6.14. The van der Waals surface area contributed by atoms with Crippen LogP contribution in [0.2, 0.25) is 0 Å². The molecule has 34 heavy (non-hydrogen) atoms. The first-order valence-electron chi connectivity index (χ1n) is 12.0. The SMILES string of the molecule is O=C1NCN(c2ccccc2)C12CCN([C@@H]1CCCC[C@]1(O)c1ccc(C(F)(F)F)cc1)CC2. The first kappa shape index (κ1) is 23.2. The van der Waals surface area contributed by atoms with Gasteiger partial charge in [-0.1, -0.05) is 43.2 Å². The van der Waals surface area contributed by atoms with Crippen molar-refractivity contribution in [2.45, 2.75) is 61.9 Å². The highest BCUT2D eigenvalue weighted by molar-refractivity contribution is 5.93. The number of nitrogens with zero attached hydrogens (tertiary/aromatic N) is 2. The van der Waals surface area contributed by atoms with Gasteiger partial charge in [-0.15, -0.1) is 0 Å².